The molecule has 3 nitrogen and oxygen atoms in total. The topological polar surface area (TPSA) is 38.7 Å². The Hall–Kier alpha value is -1.84. The van der Waals surface area contributed by atoms with E-state index in [1.165, 1.54) is 12.1 Å². The van der Waals surface area contributed by atoms with E-state index in [4.69, 9.17) is 28.0 Å². The lowest BCUT2D eigenvalue weighted by molar-refractivity contribution is 0.0516. The number of carbonyl (C=O) groups is 1. The fourth-order valence-electron chi connectivity index (χ4n) is 2.22. The summed E-state index contributed by atoms with van der Waals surface area (Å²) in [5.41, 5.74) is 1.94. The van der Waals surface area contributed by atoms with Gasteiger partial charge in [0.2, 0.25) is 0 Å². The highest BCUT2D eigenvalue weighted by atomic mass is 35.5. The van der Waals surface area contributed by atoms with Gasteiger partial charge in [0.15, 0.2) is 0 Å². The normalized spacial score (nSPS) is 11.4. The molecule has 2 rings (SSSR count). The fraction of sp³-hybridized carbons (Fsp3) is 0.263. The average Bonchev–Trinajstić information content (AvgIpc) is 2.58. The predicted octanol–water partition coefficient (Wildman–Crippen LogP) is 6.13. The minimum Gasteiger partial charge on any atom is -0.312 e. The van der Waals surface area contributed by atoms with Crippen LogP contribution in [0, 0.1) is 0 Å². The molecule has 0 fully saturated rings. The van der Waals surface area contributed by atoms with Crippen molar-refractivity contribution >= 4 is 34.9 Å². The monoisotopic (exact) mass is 363 g/mol. The number of carbonyl (C=O) groups excluding carboxylic acids is 1. The quantitative estimate of drug-likeness (QED) is 0.256. The Bertz CT molecular complexity index is 715. The fourth-order valence-corrected chi connectivity index (χ4v) is 2.70. The first-order valence-corrected chi connectivity index (χ1v) is 8.66. The van der Waals surface area contributed by atoms with Crippen molar-refractivity contribution in [2.75, 3.05) is 0 Å². The Balaban J connectivity index is 2.15. The number of benzene rings is 2. The molecular weight excluding hydrogens is 345 g/mol. The lowest BCUT2D eigenvalue weighted by atomic mass is 10.0. The van der Waals surface area contributed by atoms with Crippen molar-refractivity contribution in [3.63, 3.8) is 0 Å². The summed E-state index contributed by atoms with van der Waals surface area (Å²) < 4.78 is 0. The maximum Gasteiger partial charge on any atom is 0.367 e. The first-order valence-electron chi connectivity index (χ1n) is 7.90. The molecule has 0 aliphatic carbocycles. The lowest BCUT2D eigenvalue weighted by Gasteiger charge is -2.07. The first-order chi connectivity index (χ1) is 11.6. The van der Waals surface area contributed by atoms with Crippen LogP contribution in [0.1, 0.15) is 48.5 Å². The highest BCUT2D eigenvalue weighted by Crippen LogP contribution is 2.22. The summed E-state index contributed by atoms with van der Waals surface area (Å²) in [6.07, 6.45) is 3.95. The van der Waals surface area contributed by atoms with Gasteiger partial charge in [0.1, 0.15) is 0 Å². The largest absolute Gasteiger partial charge is 0.367 e. The second-order valence-corrected chi connectivity index (χ2v) is 6.21. The second-order valence-electron chi connectivity index (χ2n) is 5.36. The van der Waals surface area contributed by atoms with Gasteiger partial charge in [-0.2, -0.15) is 0 Å². The number of oxime groups is 1. The van der Waals surface area contributed by atoms with Crippen molar-refractivity contribution < 1.29 is 9.63 Å². The van der Waals surface area contributed by atoms with Gasteiger partial charge in [0.05, 0.1) is 16.3 Å². The molecule has 2 aromatic carbocycles. The van der Waals surface area contributed by atoms with Gasteiger partial charge in [-0.15, -0.1) is 0 Å². The van der Waals surface area contributed by atoms with Gasteiger partial charge in [0, 0.05) is 5.02 Å². The predicted molar refractivity (Wildman–Crippen MR) is 99.0 cm³/mol. The van der Waals surface area contributed by atoms with E-state index in [2.05, 4.69) is 12.1 Å². The number of unbranched alkanes of at least 4 members (excludes halogenated alkanes) is 2. The van der Waals surface area contributed by atoms with Crippen LogP contribution in [-0.4, -0.2) is 11.7 Å². The third kappa shape index (κ3) is 5.36. The zero-order chi connectivity index (χ0) is 17.4. The molecule has 0 radical (unpaired) electrons. The van der Waals surface area contributed by atoms with E-state index in [0.29, 0.717) is 5.02 Å². The number of hydrogen-bond donors (Lipinski definition) is 0. The number of hydrogen-bond acceptors (Lipinski definition) is 3. The van der Waals surface area contributed by atoms with Gasteiger partial charge in [-0.25, -0.2) is 4.79 Å². The summed E-state index contributed by atoms with van der Waals surface area (Å²) in [7, 11) is 0. The van der Waals surface area contributed by atoms with Crippen LogP contribution in [0.15, 0.2) is 53.7 Å². The standard InChI is InChI=1S/C19H19Cl2NO2/c1-2-3-5-10-18(14-8-6-4-7-9-14)22-24-19(23)16-12-11-15(20)13-17(16)21/h4,6-9,11-13H,2-3,5,10H2,1H3/b22-18-. The second kappa shape index (κ2) is 9.45. The van der Waals surface area contributed by atoms with E-state index < -0.39 is 5.97 Å². The molecule has 0 atom stereocenters. The van der Waals surface area contributed by atoms with Crippen molar-refractivity contribution in [1.29, 1.82) is 0 Å². The molecule has 126 valence electrons. The molecule has 0 aromatic heterocycles. The summed E-state index contributed by atoms with van der Waals surface area (Å²) in [6, 6.07) is 14.3. The molecule has 0 N–H and O–H groups in total. The van der Waals surface area contributed by atoms with E-state index in [9.17, 15) is 4.79 Å². The van der Waals surface area contributed by atoms with Gasteiger partial charge in [0.25, 0.3) is 0 Å². The third-order valence-electron chi connectivity index (χ3n) is 3.51. The minimum absolute atomic E-state index is 0.241. The Kier molecular flexibility index (Phi) is 7.29. The maximum absolute atomic E-state index is 12.2. The van der Waals surface area contributed by atoms with Crippen LogP contribution in [0.25, 0.3) is 0 Å². The molecule has 24 heavy (non-hydrogen) atoms. The highest BCUT2D eigenvalue weighted by Gasteiger charge is 2.13. The molecule has 0 heterocycles. The van der Waals surface area contributed by atoms with E-state index in [0.717, 1.165) is 37.0 Å². The summed E-state index contributed by atoms with van der Waals surface area (Å²) in [4.78, 5) is 17.3. The van der Waals surface area contributed by atoms with Gasteiger partial charge >= 0.3 is 5.97 Å². The van der Waals surface area contributed by atoms with E-state index in [1.54, 1.807) is 6.07 Å². The SMILES string of the molecule is CCCCC/C(=N/OC(=O)c1ccc(Cl)cc1Cl)c1ccccc1. The van der Waals surface area contributed by atoms with Crippen LogP contribution < -0.4 is 0 Å². The van der Waals surface area contributed by atoms with Crippen LogP contribution >= 0.6 is 23.2 Å². The lowest BCUT2D eigenvalue weighted by Crippen LogP contribution is -2.07. The average molecular weight is 364 g/mol. The molecule has 0 amide bonds. The molecule has 0 aliphatic heterocycles. The van der Waals surface area contributed by atoms with Crippen molar-refractivity contribution in [1.82, 2.24) is 0 Å². The highest BCUT2D eigenvalue weighted by molar-refractivity contribution is 6.36. The van der Waals surface area contributed by atoms with Gasteiger partial charge < -0.3 is 4.84 Å². The van der Waals surface area contributed by atoms with Gasteiger partial charge in [-0.05, 0) is 36.6 Å². The van der Waals surface area contributed by atoms with Crippen LogP contribution in [0.4, 0.5) is 0 Å². The molecule has 0 saturated carbocycles. The van der Waals surface area contributed by atoms with Crippen molar-refractivity contribution in [3.05, 3.63) is 69.7 Å². The molecular formula is C19H19Cl2NO2. The molecule has 2 aromatic rings. The van der Waals surface area contributed by atoms with Crippen LogP contribution in [0.3, 0.4) is 0 Å². The summed E-state index contributed by atoms with van der Waals surface area (Å²) in [5.74, 6) is -0.597. The van der Waals surface area contributed by atoms with Gasteiger partial charge in [-0.3, -0.25) is 0 Å². The maximum atomic E-state index is 12.2. The molecule has 5 heteroatoms. The molecule has 0 bridgehead atoms. The molecule has 0 unspecified atom stereocenters. The smallest absolute Gasteiger partial charge is 0.312 e. The third-order valence-corrected chi connectivity index (χ3v) is 4.06. The number of halogens is 2. The van der Waals surface area contributed by atoms with E-state index in [1.807, 2.05) is 30.3 Å². The Morgan fingerprint density at radius 1 is 1.08 bits per heavy atom. The zero-order valence-electron chi connectivity index (χ0n) is 13.5. The van der Waals surface area contributed by atoms with Crippen LogP contribution in [0.2, 0.25) is 10.0 Å². The van der Waals surface area contributed by atoms with Crippen molar-refractivity contribution in [3.8, 4) is 0 Å². The zero-order valence-corrected chi connectivity index (χ0v) is 15.0. The summed E-state index contributed by atoms with van der Waals surface area (Å²) in [6.45, 7) is 2.14. The molecule has 0 spiro atoms. The summed E-state index contributed by atoms with van der Waals surface area (Å²) >= 11 is 11.9. The van der Waals surface area contributed by atoms with Crippen molar-refractivity contribution in [2.24, 2.45) is 5.16 Å². The van der Waals surface area contributed by atoms with Crippen LogP contribution in [-0.2, 0) is 4.84 Å². The summed E-state index contributed by atoms with van der Waals surface area (Å²) in [5, 5.41) is 4.79. The van der Waals surface area contributed by atoms with Crippen LogP contribution in [0.5, 0.6) is 0 Å². The van der Waals surface area contributed by atoms with E-state index in [-0.39, 0.29) is 10.6 Å². The molecule has 0 saturated heterocycles. The molecule has 0 aliphatic rings. The number of rotatable bonds is 7. The van der Waals surface area contributed by atoms with Gasteiger partial charge in [-0.1, -0.05) is 78.5 Å². The Morgan fingerprint density at radius 3 is 2.50 bits per heavy atom. The number of nitrogens with zero attached hydrogens (tertiary/aromatic N) is 1. The Labute approximate surface area is 152 Å². The van der Waals surface area contributed by atoms with Crippen molar-refractivity contribution in [2.45, 2.75) is 32.6 Å². The Morgan fingerprint density at radius 2 is 1.83 bits per heavy atom. The van der Waals surface area contributed by atoms with E-state index >= 15 is 0 Å². The first kappa shape index (κ1) is 18.5. The minimum atomic E-state index is -0.597.